The summed E-state index contributed by atoms with van der Waals surface area (Å²) in [6, 6.07) is 11.8. The summed E-state index contributed by atoms with van der Waals surface area (Å²) in [5.74, 6) is 0.610. The minimum atomic E-state index is -0.116. The Kier molecular flexibility index (Phi) is 4.06. The molecular weight excluding hydrogens is 298 g/mol. The summed E-state index contributed by atoms with van der Waals surface area (Å²) in [4.78, 5) is 23.8. The molecule has 0 saturated heterocycles. The van der Waals surface area contributed by atoms with Gasteiger partial charge in [0.15, 0.2) is 5.82 Å². The average Bonchev–Trinajstić information content (AvgIpc) is 2.55. The molecule has 1 aromatic carbocycles. The molecule has 0 amide bonds. The highest BCUT2D eigenvalue weighted by Gasteiger charge is 2.14. The molecule has 24 heavy (non-hydrogen) atoms. The molecule has 3 aromatic rings. The maximum atomic E-state index is 12.3. The van der Waals surface area contributed by atoms with Gasteiger partial charge in [0.2, 0.25) is 0 Å². The van der Waals surface area contributed by atoms with Crippen molar-refractivity contribution >= 4 is 0 Å². The minimum Gasteiger partial charge on any atom is -0.328 e. The predicted molar refractivity (Wildman–Crippen MR) is 97.0 cm³/mol. The van der Waals surface area contributed by atoms with E-state index in [0.29, 0.717) is 11.4 Å². The first-order valence-electron chi connectivity index (χ1n) is 7.98. The van der Waals surface area contributed by atoms with Crippen molar-refractivity contribution in [2.45, 2.75) is 33.1 Å². The van der Waals surface area contributed by atoms with Crippen LogP contribution in [-0.4, -0.2) is 15.0 Å². The van der Waals surface area contributed by atoms with Gasteiger partial charge in [-0.1, -0.05) is 45.0 Å². The van der Waals surface area contributed by atoms with Gasteiger partial charge < -0.3 is 4.98 Å². The van der Waals surface area contributed by atoms with Crippen LogP contribution < -0.4 is 5.56 Å². The Hall–Kier alpha value is -2.75. The summed E-state index contributed by atoms with van der Waals surface area (Å²) in [5, 5.41) is 0. The van der Waals surface area contributed by atoms with Crippen LogP contribution in [-0.2, 0) is 5.41 Å². The van der Waals surface area contributed by atoms with Gasteiger partial charge in [0, 0.05) is 29.2 Å². The second-order valence-corrected chi connectivity index (χ2v) is 6.98. The van der Waals surface area contributed by atoms with E-state index < -0.39 is 0 Å². The summed E-state index contributed by atoms with van der Waals surface area (Å²) in [6.07, 6.45) is 3.38. The second-order valence-electron chi connectivity index (χ2n) is 6.98. The summed E-state index contributed by atoms with van der Waals surface area (Å²) in [5.41, 5.74) is 4.41. The van der Waals surface area contributed by atoms with Crippen LogP contribution in [0.4, 0.5) is 0 Å². The summed E-state index contributed by atoms with van der Waals surface area (Å²) >= 11 is 0. The van der Waals surface area contributed by atoms with Gasteiger partial charge in [0.25, 0.3) is 5.56 Å². The van der Waals surface area contributed by atoms with Gasteiger partial charge in [-0.15, -0.1) is 0 Å². The first-order valence-corrected chi connectivity index (χ1v) is 7.98. The number of aromatic amines is 1. The van der Waals surface area contributed by atoms with Gasteiger partial charge in [-0.05, 0) is 35.6 Å². The first kappa shape index (κ1) is 16.1. The van der Waals surface area contributed by atoms with Crippen molar-refractivity contribution < 1.29 is 0 Å². The molecule has 0 fully saturated rings. The van der Waals surface area contributed by atoms with Crippen molar-refractivity contribution in [1.82, 2.24) is 15.0 Å². The number of nitrogens with one attached hydrogen (secondary N) is 1. The number of hydrogen-bond acceptors (Lipinski definition) is 3. The zero-order valence-electron chi connectivity index (χ0n) is 14.4. The Balaban J connectivity index is 2.05. The highest BCUT2D eigenvalue weighted by Crippen LogP contribution is 2.26. The summed E-state index contributed by atoms with van der Waals surface area (Å²) in [7, 11) is 0. The first-order chi connectivity index (χ1) is 11.3. The normalized spacial score (nSPS) is 11.5. The Morgan fingerprint density at radius 3 is 2.33 bits per heavy atom. The molecule has 0 atom stereocenters. The Bertz CT molecular complexity index is 919. The molecule has 0 aliphatic carbocycles. The lowest BCUT2D eigenvalue weighted by Gasteiger charge is -2.19. The maximum Gasteiger partial charge on any atom is 0.255 e. The van der Waals surface area contributed by atoms with E-state index >= 15 is 0 Å². The molecule has 3 rings (SSSR count). The van der Waals surface area contributed by atoms with Crippen LogP contribution >= 0.6 is 0 Å². The van der Waals surface area contributed by atoms with Crippen molar-refractivity contribution in [1.29, 1.82) is 0 Å². The highest BCUT2D eigenvalue weighted by molar-refractivity contribution is 5.69. The Morgan fingerprint density at radius 1 is 1.00 bits per heavy atom. The average molecular weight is 319 g/mol. The quantitative estimate of drug-likeness (QED) is 0.773. The fourth-order valence-corrected chi connectivity index (χ4v) is 2.57. The van der Waals surface area contributed by atoms with Crippen molar-refractivity contribution in [2.75, 3.05) is 0 Å². The predicted octanol–water partition coefficient (Wildman–Crippen LogP) is 4.10. The third kappa shape index (κ3) is 3.27. The van der Waals surface area contributed by atoms with Crippen LogP contribution in [0.2, 0.25) is 0 Å². The van der Waals surface area contributed by atoms with Gasteiger partial charge >= 0.3 is 0 Å². The van der Waals surface area contributed by atoms with E-state index in [2.05, 4.69) is 47.9 Å². The number of H-pyrrole nitrogens is 1. The summed E-state index contributed by atoms with van der Waals surface area (Å²) < 4.78 is 0. The lowest BCUT2D eigenvalue weighted by molar-refractivity contribution is 0.590. The molecule has 1 N–H and O–H groups in total. The van der Waals surface area contributed by atoms with Gasteiger partial charge in [-0.2, -0.15) is 0 Å². The molecule has 0 saturated carbocycles. The van der Waals surface area contributed by atoms with Gasteiger partial charge in [0.05, 0.1) is 0 Å². The molecule has 4 nitrogen and oxygen atoms in total. The zero-order chi connectivity index (χ0) is 17.3. The van der Waals surface area contributed by atoms with Crippen LogP contribution in [0.25, 0.3) is 22.5 Å². The fraction of sp³-hybridized carbons (Fsp3) is 0.250. The molecule has 0 radical (unpaired) electrons. The molecule has 0 unspecified atom stereocenters. The molecule has 0 aliphatic heterocycles. The number of rotatable bonds is 2. The molecule has 0 spiro atoms. The third-order valence-electron chi connectivity index (χ3n) is 4.02. The number of benzene rings is 1. The maximum absolute atomic E-state index is 12.3. The number of aromatic nitrogens is 3. The standard InChI is InChI=1S/C20H21N3O/c1-13-9-10-21-18(23-13)15-11-17(19(24)22-12-15)14-5-7-16(8-6-14)20(2,3)4/h5-12H,1-4H3,(H,22,24). The Morgan fingerprint density at radius 2 is 1.71 bits per heavy atom. The van der Waals surface area contributed by atoms with Gasteiger partial charge in [-0.3, -0.25) is 4.79 Å². The van der Waals surface area contributed by atoms with Crippen LogP contribution in [0.15, 0.2) is 53.6 Å². The van der Waals surface area contributed by atoms with E-state index in [-0.39, 0.29) is 11.0 Å². The van der Waals surface area contributed by atoms with E-state index in [1.807, 2.05) is 31.2 Å². The summed E-state index contributed by atoms with van der Waals surface area (Å²) in [6.45, 7) is 8.43. The monoisotopic (exact) mass is 319 g/mol. The lowest BCUT2D eigenvalue weighted by Crippen LogP contribution is -2.11. The van der Waals surface area contributed by atoms with E-state index in [0.717, 1.165) is 16.8 Å². The number of hydrogen-bond donors (Lipinski definition) is 1. The van der Waals surface area contributed by atoms with Crippen molar-refractivity contribution in [3.63, 3.8) is 0 Å². The topological polar surface area (TPSA) is 58.6 Å². The number of pyridine rings is 1. The van der Waals surface area contributed by atoms with Crippen LogP contribution in [0.5, 0.6) is 0 Å². The van der Waals surface area contributed by atoms with Gasteiger partial charge in [0.1, 0.15) is 0 Å². The molecule has 2 aromatic heterocycles. The van der Waals surface area contributed by atoms with E-state index in [4.69, 9.17) is 0 Å². The Labute approximate surface area is 141 Å². The van der Waals surface area contributed by atoms with E-state index in [9.17, 15) is 4.79 Å². The molecular formula is C20H21N3O. The molecule has 4 heteroatoms. The SMILES string of the molecule is Cc1ccnc(-c2c[nH]c(=O)c(-c3ccc(C(C)(C)C)cc3)c2)n1. The van der Waals surface area contributed by atoms with E-state index in [1.165, 1.54) is 5.56 Å². The van der Waals surface area contributed by atoms with Crippen LogP contribution in [0, 0.1) is 6.92 Å². The molecule has 0 bridgehead atoms. The molecule has 2 heterocycles. The van der Waals surface area contributed by atoms with Gasteiger partial charge in [-0.25, -0.2) is 9.97 Å². The van der Waals surface area contributed by atoms with Crippen molar-refractivity contribution in [3.8, 4) is 22.5 Å². The number of nitrogens with zero attached hydrogens (tertiary/aromatic N) is 2. The molecule has 122 valence electrons. The van der Waals surface area contributed by atoms with Crippen molar-refractivity contribution in [2.24, 2.45) is 0 Å². The minimum absolute atomic E-state index is 0.0855. The second kappa shape index (κ2) is 6.04. The van der Waals surface area contributed by atoms with Crippen LogP contribution in [0.1, 0.15) is 32.0 Å². The van der Waals surface area contributed by atoms with Crippen LogP contribution in [0.3, 0.4) is 0 Å². The fourth-order valence-electron chi connectivity index (χ4n) is 2.57. The molecule has 0 aliphatic rings. The highest BCUT2D eigenvalue weighted by atomic mass is 16.1. The lowest BCUT2D eigenvalue weighted by atomic mass is 9.86. The zero-order valence-corrected chi connectivity index (χ0v) is 14.4. The van der Waals surface area contributed by atoms with Crippen molar-refractivity contribution in [3.05, 3.63) is 70.4 Å². The number of aryl methyl sites for hydroxylation is 1. The van der Waals surface area contributed by atoms with E-state index in [1.54, 1.807) is 12.4 Å². The largest absolute Gasteiger partial charge is 0.328 e. The smallest absolute Gasteiger partial charge is 0.255 e. The third-order valence-corrected chi connectivity index (χ3v) is 4.02.